The van der Waals surface area contributed by atoms with E-state index in [0.29, 0.717) is 25.9 Å². The normalized spacial score (nSPS) is 22.9. The molecule has 110 valence electrons. The molecule has 0 N–H and O–H groups in total. The number of carbonyl (C=O) groups excluding carboxylic acids is 2. The van der Waals surface area contributed by atoms with E-state index >= 15 is 0 Å². The Labute approximate surface area is 119 Å². The van der Waals surface area contributed by atoms with E-state index in [0.717, 1.165) is 24.2 Å². The maximum absolute atomic E-state index is 12.4. The van der Waals surface area contributed by atoms with Crippen molar-refractivity contribution in [2.45, 2.75) is 46.0 Å². The van der Waals surface area contributed by atoms with Gasteiger partial charge in [0.2, 0.25) is 0 Å². The van der Waals surface area contributed by atoms with Crippen LogP contribution in [0.1, 0.15) is 44.0 Å². The highest BCUT2D eigenvalue weighted by molar-refractivity contribution is 6.04. The first-order valence-corrected chi connectivity index (χ1v) is 7.19. The van der Waals surface area contributed by atoms with Crippen molar-refractivity contribution in [1.82, 2.24) is 9.78 Å². The van der Waals surface area contributed by atoms with Crippen LogP contribution in [-0.4, -0.2) is 28.1 Å². The number of hydrogen-bond acceptors (Lipinski definition) is 4. The van der Waals surface area contributed by atoms with E-state index in [-0.39, 0.29) is 11.8 Å². The molecule has 0 bridgehead atoms. The summed E-state index contributed by atoms with van der Waals surface area (Å²) in [4.78, 5) is 24.8. The van der Waals surface area contributed by atoms with E-state index in [2.05, 4.69) is 5.10 Å². The highest BCUT2D eigenvalue weighted by Crippen LogP contribution is 2.38. The molecule has 1 unspecified atom stereocenters. The molecule has 0 saturated heterocycles. The van der Waals surface area contributed by atoms with Crippen LogP contribution < -0.4 is 0 Å². The maximum atomic E-state index is 12.4. The van der Waals surface area contributed by atoms with Crippen molar-refractivity contribution in [3.05, 3.63) is 17.5 Å². The highest BCUT2D eigenvalue weighted by atomic mass is 16.5. The maximum Gasteiger partial charge on any atom is 0.320 e. The van der Waals surface area contributed by atoms with Gasteiger partial charge in [-0.05, 0) is 32.8 Å². The standard InChI is InChI=1S/C15H22N2O3/c1-4-20-14(19)15(8-6-5-7-13(15)18)10-12-9-11(2)16-17(12)3/h9H,4-8,10H2,1-3H3. The van der Waals surface area contributed by atoms with Crippen molar-refractivity contribution in [3.63, 3.8) is 0 Å². The van der Waals surface area contributed by atoms with Gasteiger partial charge in [0.25, 0.3) is 0 Å². The molecular formula is C15H22N2O3. The molecule has 1 aliphatic carbocycles. The minimum atomic E-state index is -1.01. The van der Waals surface area contributed by atoms with Crippen LogP contribution in [-0.2, 0) is 27.8 Å². The van der Waals surface area contributed by atoms with Gasteiger partial charge in [-0.1, -0.05) is 6.42 Å². The lowest BCUT2D eigenvalue weighted by atomic mass is 9.70. The number of aromatic nitrogens is 2. The average Bonchev–Trinajstić information content (AvgIpc) is 2.71. The summed E-state index contributed by atoms with van der Waals surface area (Å²) in [6, 6.07) is 1.93. The number of hydrogen-bond donors (Lipinski definition) is 0. The summed E-state index contributed by atoms with van der Waals surface area (Å²) >= 11 is 0. The van der Waals surface area contributed by atoms with Crippen molar-refractivity contribution >= 4 is 11.8 Å². The van der Waals surface area contributed by atoms with E-state index in [1.54, 1.807) is 11.6 Å². The van der Waals surface area contributed by atoms with E-state index < -0.39 is 5.41 Å². The van der Waals surface area contributed by atoms with E-state index in [1.165, 1.54) is 0 Å². The predicted octanol–water partition coefficient (Wildman–Crippen LogP) is 1.96. The number of ketones is 1. The van der Waals surface area contributed by atoms with E-state index in [9.17, 15) is 9.59 Å². The number of Topliss-reactive ketones (excluding diaryl/α,β-unsaturated/α-hetero) is 1. The number of esters is 1. The second kappa shape index (κ2) is 5.77. The van der Waals surface area contributed by atoms with E-state index in [1.807, 2.05) is 20.0 Å². The second-order valence-corrected chi connectivity index (χ2v) is 5.51. The molecule has 0 aliphatic heterocycles. The first-order valence-electron chi connectivity index (χ1n) is 7.19. The van der Waals surface area contributed by atoms with E-state index in [4.69, 9.17) is 4.74 Å². The van der Waals surface area contributed by atoms with Crippen molar-refractivity contribution in [3.8, 4) is 0 Å². The first-order chi connectivity index (χ1) is 9.49. The van der Waals surface area contributed by atoms with Crippen LogP contribution in [0.5, 0.6) is 0 Å². The number of aryl methyl sites for hydroxylation is 2. The molecule has 5 heteroatoms. The summed E-state index contributed by atoms with van der Waals surface area (Å²) in [6.45, 7) is 3.98. The average molecular weight is 278 g/mol. The molecule has 1 heterocycles. The van der Waals surface area contributed by atoms with Crippen LogP contribution in [0.15, 0.2) is 6.07 Å². The predicted molar refractivity (Wildman–Crippen MR) is 74.2 cm³/mol. The van der Waals surface area contributed by atoms with Crippen LogP contribution >= 0.6 is 0 Å². The Hall–Kier alpha value is -1.65. The van der Waals surface area contributed by atoms with Crippen molar-refractivity contribution in [1.29, 1.82) is 0 Å². The fourth-order valence-electron chi connectivity index (χ4n) is 2.97. The van der Waals surface area contributed by atoms with Gasteiger partial charge < -0.3 is 4.74 Å². The Bertz CT molecular complexity index is 521. The number of rotatable bonds is 4. The smallest absolute Gasteiger partial charge is 0.320 e. The largest absolute Gasteiger partial charge is 0.465 e. The molecule has 0 amide bonds. The third-order valence-electron chi connectivity index (χ3n) is 4.04. The van der Waals surface area contributed by atoms with Gasteiger partial charge >= 0.3 is 5.97 Å². The molecule has 1 fully saturated rings. The third-order valence-corrected chi connectivity index (χ3v) is 4.04. The zero-order valence-electron chi connectivity index (χ0n) is 12.4. The minimum Gasteiger partial charge on any atom is -0.465 e. The molecule has 1 aliphatic rings. The zero-order valence-corrected chi connectivity index (χ0v) is 12.4. The van der Waals surface area contributed by atoms with Gasteiger partial charge in [-0.3, -0.25) is 14.3 Å². The highest BCUT2D eigenvalue weighted by Gasteiger charge is 2.48. The molecule has 0 aromatic carbocycles. The summed E-state index contributed by atoms with van der Waals surface area (Å²) in [7, 11) is 1.84. The molecule has 2 rings (SSSR count). The Morgan fingerprint density at radius 3 is 2.80 bits per heavy atom. The van der Waals surface area contributed by atoms with Crippen molar-refractivity contribution < 1.29 is 14.3 Å². The molecule has 0 radical (unpaired) electrons. The third kappa shape index (κ3) is 2.62. The number of nitrogens with zero attached hydrogens (tertiary/aromatic N) is 2. The van der Waals surface area contributed by atoms with Gasteiger partial charge in [0.05, 0.1) is 12.3 Å². The lowest BCUT2D eigenvalue weighted by Crippen LogP contribution is -2.45. The summed E-state index contributed by atoms with van der Waals surface area (Å²) in [5.74, 6) is -0.357. The van der Waals surface area contributed by atoms with Gasteiger partial charge in [-0.2, -0.15) is 5.10 Å². The fraction of sp³-hybridized carbons (Fsp3) is 0.667. The molecular weight excluding hydrogens is 256 g/mol. The van der Waals surface area contributed by atoms with Gasteiger partial charge in [0.15, 0.2) is 5.78 Å². The van der Waals surface area contributed by atoms with Crippen molar-refractivity contribution in [2.75, 3.05) is 6.61 Å². The van der Waals surface area contributed by atoms with Crippen LogP contribution in [0.25, 0.3) is 0 Å². The lowest BCUT2D eigenvalue weighted by Gasteiger charge is -2.33. The topological polar surface area (TPSA) is 61.2 Å². The summed E-state index contributed by atoms with van der Waals surface area (Å²) in [5.41, 5.74) is 0.796. The molecule has 1 atom stereocenters. The Morgan fingerprint density at radius 2 is 2.25 bits per heavy atom. The molecule has 20 heavy (non-hydrogen) atoms. The number of ether oxygens (including phenoxy) is 1. The van der Waals surface area contributed by atoms with Gasteiger partial charge in [0, 0.05) is 25.6 Å². The van der Waals surface area contributed by atoms with Crippen molar-refractivity contribution in [2.24, 2.45) is 12.5 Å². The SMILES string of the molecule is CCOC(=O)C1(Cc2cc(C)nn2C)CCCCC1=O. The Morgan fingerprint density at radius 1 is 1.50 bits per heavy atom. The molecule has 0 spiro atoms. The summed E-state index contributed by atoms with van der Waals surface area (Å²) in [6.07, 6.45) is 3.19. The fourth-order valence-corrected chi connectivity index (χ4v) is 2.97. The Kier molecular flexibility index (Phi) is 4.26. The van der Waals surface area contributed by atoms with Crippen LogP contribution in [0.2, 0.25) is 0 Å². The monoisotopic (exact) mass is 278 g/mol. The van der Waals surface area contributed by atoms with Gasteiger partial charge in [-0.25, -0.2) is 0 Å². The molecule has 1 saturated carbocycles. The van der Waals surface area contributed by atoms with Crippen LogP contribution in [0.3, 0.4) is 0 Å². The number of carbonyl (C=O) groups is 2. The molecule has 1 aromatic rings. The van der Waals surface area contributed by atoms with Crippen LogP contribution in [0, 0.1) is 12.3 Å². The molecule has 5 nitrogen and oxygen atoms in total. The van der Waals surface area contributed by atoms with Gasteiger partial charge in [0.1, 0.15) is 5.41 Å². The lowest BCUT2D eigenvalue weighted by molar-refractivity contribution is -0.162. The molecule has 1 aromatic heterocycles. The first kappa shape index (κ1) is 14.8. The second-order valence-electron chi connectivity index (χ2n) is 5.51. The van der Waals surface area contributed by atoms with Crippen LogP contribution in [0.4, 0.5) is 0 Å². The summed E-state index contributed by atoms with van der Waals surface area (Å²) < 4.78 is 6.93. The minimum absolute atomic E-state index is 0.0149. The zero-order chi connectivity index (χ0) is 14.8. The summed E-state index contributed by atoms with van der Waals surface area (Å²) in [5, 5.41) is 4.29. The van der Waals surface area contributed by atoms with Gasteiger partial charge in [-0.15, -0.1) is 0 Å². The Balaban J connectivity index is 2.33. The quantitative estimate of drug-likeness (QED) is 0.624.